The second-order valence-electron chi connectivity index (χ2n) is 3.48. The second-order valence-corrected chi connectivity index (χ2v) is 3.48. The highest BCUT2D eigenvalue weighted by Gasteiger charge is 2.01. The van der Waals surface area contributed by atoms with E-state index in [0.717, 1.165) is 18.6 Å². The molecule has 5 nitrogen and oxygen atoms in total. The largest absolute Gasteiger partial charge is 0.475 e. The molecule has 0 radical (unpaired) electrons. The fraction of sp³-hybridized carbons (Fsp3) is 0.583. The first kappa shape index (κ1) is 13.9. The summed E-state index contributed by atoms with van der Waals surface area (Å²) < 4.78 is 15.8. The first-order valence-electron chi connectivity index (χ1n) is 5.72. The number of pyridine rings is 1. The van der Waals surface area contributed by atoms with Gasteiger partial charge >= 0.3 is 0 Å². The summed E-state index contributed by atoms with van der Waals surface area (Å²) in [5, 5.41) is 0. The van der Waals surface area contributed by atoms with Gasteiger partial charge in [0.15, 0.2) is 0 Å². The average Bonchev–Trinajstić information content (AvgIpc) is 2.38. The highest BCUT2D eigenvalue weighted by atomic mass is 16.5. The van der Waals surface area contributed by atoms with Crippen LogP contribution in [-0.4, -0.2) is 38.5 Å². The van der Waals surface area contributed by atoms with Crippen molar-refractivity contribution >= 4 is 0 Å². The van der Waals surface area contributed by atoms with Gasteiger partial charge in [-0.25, -0.2) is 4.98 Å². The maximum atomic E-state index is 5.57. The molecule has 0 unspecified atom stereocenters. The first-order valence-corrected chi connectivity index (χ1v) is 5.72. The summed E-state index contributed by atoms with van der Waals surface area (Å²) >= 11 is 0. The van der Waals surface area contributed by atoms with Gasteiger partial charge in [-0.15, -0.1) is 0 Å². The maximum Gasteiger partial charge on any atom is 0.217 e. The summed E-state index contributed by atoms with van der Waals surface area (Å²) in [5.74, 6) is 0.593. The fourth-order valence-corrected chi connectivity index (χ4v) is 1.31. The predicted molar refractivity (Wildman–Crippen MR) is 64.9 cm³/mol. The number of ether oxygens (including phenoxy) is 3. The predicted octanol–water partition coefficient (Wildman–Crippen LogP) is 0.972. The zero-order valence-electron chi connectivity index (χ0n) is 10.2. The Balaban J connectivity index is 2.13. The minimum absolute atomic E-state index is 0.428. The third-order valence-electron chi connectivity index (χ3n) is 2.17. The van der Waals surface area contributed by atoms with Gasteiger partial charge in [0, 0.05) is 38.6 Å². The molecule has 0 spiro atoms. The standard InChI is InChI=1S/C12H20N2O3/c1-15-6-3-7-16-8-9-17-12-11(10-13)4-2-5-14-12/h2,4-5H,3,6-10,13H2,1H3. The van der Waals surface area contributed by atoms with Crippen LogP contribution in [0.2, 0.25) is 0 Å². The van der Waals surface area contributed by atoms with Crippen LogP contribution in [0.25, 0.3) is 0 Å². The van der Waals surface area contributed by atoms with E-state index in [9.17, 15) is 0 Å². The lowest BCUT2D eigenvalue weighted by Gasteiger charge is -2.09. The number of nitrogens with zero attached hydrogens (tertiary/aromatic N) is 1. The molecule has 0 amide bonds. The van der Waals surface area contributed by atoms with Crippen LogP contribution in [-0.2, 0) is 16.0 Å². The molecule has 1 aromatic heterocycles. The minimum atomic E-state index is 0.428. The molecule has 0 aliphatic carbocycles. The Labute approximate surface area is 102 Å². The maximum absolute atomic E-state index is 5.57. The van der Waals surface area contributed by atoms with Crippen LogP contribution < -0.4 is 10.5 Å². The summed E-state index contributed by atoms with van der Waals surface area (Å²) in [7, 11) is 1.68. The van der Waals surface area contributed by atoms with Crippen LogP contribution in [0.4, 0.5) is 0 Å². The van der Waals surface area contributed by atoms with Crippen molar-refractivity contribution in [2.75, 3.05) is 33.5 Å². The summed E-state index contributed by atoms with van der Waals surface area (Å²) in [6.45, 7) is 2.86. The van der Waals surface area contributed by atoms with E-state index in [0.29, 0.717) is 32.2 Å². The molecular weight excluding hydrogens is 220 g/mol. The van der Waals surface area contributed by atoms with Crippen molar-refractivity contribution < 1.29 is 14.2 Å². The number of hydrogen-bond acceptors (Lipinski definition) is 5. The number of aromatic nitrogens is 1. The van der Waals surface area contributed by atoms with Gasteiger partial charge in [-0.1, -0.05) is 6.07 Å². The lowest BCUT2D eigenvalue weighted by molar-refractivity contribution is 0.0793. The molecule has 96 valence electrons. The fourth-order valence-electron chi connectivity index (χ4n) is 1.31. The summed E-state index contributed by atoms with van der Waals surface area (Å²) in [4.78, 5) is 4.12. The van der Waals surface area contributed by atoms with Gasteiger partial charge in [-0.2, -0.15) is 0 Å². The summed E-state index contributed by atoms with van der Waals surface area (Å²) in [6.07, 6.45) is 2.59. The molecular formula is C12H20N2O3. The molecule has 0 saturated heterocycles. The molecule has 0 aliphatic rings. The number of methoxy groups -OCH3 is 1. The van der Waals surface area contributed by atoms with Crippen molar-refractivity contribution in [3.05, 3.63) is 23.9 Å². The molecule has 0 aromatic carbocycles. The van der Waals surface area contributed by atoms with Crippen molar-refractivity contribution in [3.63, 3.8) is 0 Å². The monoisotopic (exact) mass is 240 g/mol. The van der Waals surface area contributed by atoms with Gasteiger partial charge < -0.3 is 19.9 Å². The summed E-state index contributed by atoms with van der Waals surface area (Å²) in [5.41, 5.74) is 6.48. The van der Waals surface area contributed by atoms with E-state index >= 15 is 0 Å². The lowest BCUT2D eigenvalue weighted by Crippen LogP contribution is -2.11. The van der Waals surface area contributed by atoms with Crippen LogP contribution in [0.3, 0.4) is 0 Å². The van der Waals surface area contributed by atoms with E-state index in [-0.39, 0.29) is 0 Å². The highest BCUT2D eigenvalue weighted by Crippen LogP contribution is 2.12. The Morgan fingerprint density at radius 3 is 2.88 bits per heavy atom. The van der Waals surface area contributed by atoms with Crippen molar-refractivity contribution in [2.24, 2.45) is 5.73 Å². The van der Waals surface area contributed by atoms with Gasteiger partial charge in [0.1, 0.15) is 6.61 Å². The number of hydrogen-bond donors (Lipinski definition) is 1. The molecule has 0 aliphatic heterocycles. The van der Waals surface area contributed by atoms with Gasteiger partial charge in [-0.05, 0) is 12.5 Å². The molecule has 1 aromatic rings. The molecule has 0 saturated carbocycles. The van der Waals surface area contributed by atoms with E-state index in [1.807, 2.05) is 12.1 Å². The van der Waals surface area contributed by atoms with E-state index in [1.165, 1.54) is 0 Å². The van der Waals surface area contributed by atoms with Gasteiger partial charge in [-0.3, -0.25) is 0 Å². The van der Waals surface area contributed by atoms with Crippen molar-refractivity contribution in [1.29, 1.82) is 0 Å². The molecule has 0 atom stereocenters. The Kier molecular flexibility index (Phi) is 7.29. The van der Waals surface area contributed by atoms with Crippen LogP contribution in [0.15, 0.2) is 18.3 Å². The third-order valence-corrected chi connectivity index (χ3v) is 2.17. The Morgan fingerprint density at radius 1 is 1.24 bits per heavy atom. The first-order chi connectivity index (χ1) is 8.38. The molecule has 1 heterocycles. The molecule has 2 N–H and O–H groups in total. The molecule has 0 fully saturated rings. The zero-order chi connectivity index (χ0) is 12.3. The van der Waals surface area contributed by atoms with Crippen LogP contribution in [0.1, 0.15) is 12.0 Å². The number of nitrogens with two attached hydrogens (primary N) is 1. The zero-order valence-corrected chi connectivity index (χ0v) is 10.2. The van der Waals surface area contributed by atoms with Crippen LogP contribution in [0.5, 0.6) is 5.88 Å². The van der Waals surface area contributed by atoms with Crippen molar-refractivity contribution in [3.8, 4) is 5.88 Å². The Morgan fingerprint density at radius 2 is 2.12 bits per heavy atom. The van der Waals surface area contributed by atoms with E-state index in [1.54, 1.807) is 13.3 Å². The molecule has 1 rings (SSSR count). The van der Waals surface area contributed by atoms with Crippen molar-refractivity contribution in [2.45, 2.75) is 13.0 Å². The minimum Gasteiger partial charge on any atom is -0.475 e. The summed E-state index contributed by atoms with van der Waals surface area (Å²) in [6, 6.07) is 3.75. The quantitative estimate of drug-likeness (QED) is 0.651. The smallest absolute Gasteiger partial charge is 0.217 e. The van der Waals surface area contributed by atoms with Gasteiger partial charge in [0.05, 0.1) is 6.61 Å². The third kappa shape index (κ3) is 5.63. The van der Waals surface area contributed by atoms with Crippen molar-refractivity contribution in [1.82, 2.24) is 4.98 Å². The van der Waals surface area contributed by atoms with Gasteiger partial charge in [0.2, 0.25) is 5.88 Å². The van der Waals surface area contributed by atoms with E-state index in [2.05, 4.69) is 4.98 Å². The second kappa shape index (κ2) is 8.92. The Bertz CT molecular complexity index is 308. The molecule has 5 heteroatoms. The number of rotatable bonds is 9. The van der Waals surface area contributed by atoms with E-state index < -0.39 is 0 Å². The molecule has 17 heavy (non-hydrogen) atoms. The Hall–Kier alpha value is -1.17. The highest BCUT2D eigenvalue weighted by molar-refractivity contribution is 5.24. The lowest BCUT2D eigenvalue weighted by atomic mass is 10.3. The molecule has 0 bridgehead atoms. The van der Waals surface area contributed by atoms with Crippen LogP contribution >= 0.6 is 0 Å². The van der Waals surface area contributed by atoms with E-state index in [4.69, 9.17) is 19.9 Å². The normalized spacial score (nSPS) is 10.5. The topological polar surface area (TPSA) is 66.6 Å². The average molecular weight is 240 g/mol. The SMILES string of the molecule is COCCCOCCOc1ncccc1CN. The van der Waals surface area contributed by atoms with Gasteiger partial charge in [0.25, 0.3) is 0 Å². The van der Waals surface area contributed by atoms with Crippen LogP contribution in [0, 0.1) is 0 Å².